The molecule has 3 rings (SSSR count). The standard InChI is InChI=1S/C19H22N2O3/c1-12-9-14-5-3-4-6-16(14)19(12)20-17(23)7-8-21-13(2)10-15(22)11-18(21)24/h3-6,10-12,19,22H,7-9H2,1-2H3,(H,20,23). The Bertz CT molecular complexity index is 826. The minimum Gasteiger partial charge on any atom is -0.508 e. The normalized spacial score (nSPS) is 19.1. The number of rotatable bonds is 4. The lowest BCUT2D eigenvalue weighted by Crippen LogP contribution is -2.32. The number of aromatic hydroxyl groups is 1. The number of nitrogens with zero attached hydrogens (tertiary/aromatic N) is 1. The first-order chi connectivity index (χ1) is 11.5. The summed E-state index contributed by atoms with van der Waals surface area (Å²) in [5, 5.41) is 12.5. The van der Waals surface area contributed by atoms with E-state index in [1.54, 1.807) is 6.92 Å². The van der Waals surface area contributed by atoms with E-state index in [0.29, 0.717) is 18.2 Å². The first-order valence-electron chi connectivity index (χ1n) is 8.23. The molecule has 2 N–H and O–H groups in total. The summed E-state index contributed by atoms with van der Waals surface area (Å²) in [5.41, 5.74) is 2.84. The molecule has 0 saturated heterocycles. The van der Waals surface area contributed by atoms with E-state index in [2.05, 4.69) is 24.4 Å². The zero-order chi connectivity index (χ0) is 17.3. The van der Waals surface area contributed by atoms with Crippen LogP contribution in [0.2, 0.25) is 0 Å². The summed E-state index contributed by atoms with van der Waals surface area (Å²) in [5.74, 6) is 0.252. The van der Waals surface area contributed by atoms with E-state index in [1.807, 2.05) is 12.1 Å². The van der Waals surface area contributed by atoms with E-state index in [1.165, 1.54) is 27.8 Å². The highest BCUT2D eigenvalue weighted by molar-refractivity contribution is 5.76. The Morgan fingerprint density at radius 3 is 2.83 bits per heavy atom. The highest BCUT2D eigenvalue weighted by Gasteiger charge is 2.29. The highest BCUT2D eigenvalue weighted by Crippen LogP contribution is 2.35. The summed E-state index contributed by atoms with van der Waals surface area (Å²) in [4.78, 5) is 24.2. The smallest absolute Gasteiger partial charge is 0.254 e. The third-order valence-corrected chi connectivity index (χ3v) is 4.70. The molecular weight excluding hydrogens is 304 g/mol. The third kappa shape index (κ3) is 3.20. The Hall–Kier alpha value is -2.56. The maximum absolute atomic E-state index is 12.3. The minimum absolute atomic E-state index is 0.0336. The fraction of sp³-hybridized carbons (Fsp3) is 0.368. The van der Waals surface area contributed by atoms with Crippen LogP contribution >= 0.6 is 0 Å². The first kappa shape index (κ1) is 16.3. The second kappa shape index (κ2) is 6.51. The zero-order valence-corrected chi connectivity index (χ0v) is 14.0. The van der Waals surface area contributed by atoms with Crippen molar-refractivity contribution in [3.63, 3.8) is 0 Å². The molecule has 2 unspecified atom stereocenters. The van der Waals surface area contributed by atoms with Gasteiger partial charge in [-0.3, -0.25) is 9.59 Å². The monoisotopic (exact) mass is 326 g/mol. The molecule has 0 bridgehead atoms. The van der Waals surface area contributed by atoms with Crippen LogP contribution in [0.1, 0.15) is 36.2 Å². The molecule has 0 radical (unpaired) electrons. The van der Waals surface area contributed by atoms with Crippen LogP contribution in [0.3, 0.4) is 0 Å². The maximum Gasteiger partial charge on any atom is 0.254 e. The van der Waals surface area contributed by atoms with Crippen LogP contribution in [-0.2, 0) is 17.8 Å². The molecule has 1 aliphatic rings. The summed E-state index contributed by atoms with van der Waals surface area (Å²) in [6, 6.07) is 10.9. The van der Waals surface area contributed by atoms with Crippen molar-refractivity contribution in [1.82, 2.24) is 9.88 Å². The molecule has 1 heterocycles. The second-order valence-corrected chi connectivity index (χ2v) is 6.52. The van der Waals surface area contributed by atoms with Crippen LogP contribution in [0.4, 0.5) is 0 Å². The zero-order valence-electron chi connectivity index (χ0n) is 14.0. The number of carbonyl (C=O) groups excluding carboxylic acids is 1. The number of aromatic nitrogens is 1. The van der Waals surface area contributed by atoms with E-state index in [4.69, 9.17) is 0 Å². The number of nitrogens with one attached hydrogen (secondary N) is 1. The van der Waals surface area contributed by atoms with Crippen molar-refractivity contribution < 1.29 is 9.90 Å². The molecule has 1 amide bonds. The number of carbonyl (C=O) groups is 1. The summed E-state index contributed by atoms with van der Waals surface area (Å²) in [6.07, 6.45) is 1.20. The van der Waals surface area contributed by atoms with Gasteiger partial charge in [0.05, 0.1) is 6.04 Å². The Kier molecular flexibility index (Phi) is 4.42. The van der Waals surface area contributed by atoms with E-state index in [9.17, 15) is 14.7 Å². The second-order valence-electron chi connectivity index (χ2n) is 6.52. The van der Waals surface area contributed by atoms with Crippen molar-refractivity contribution in [2.24, 2.45) is 5.92 Å². The molecule has 0 aliphatic heterocycles. The summed E-state index contributed by atoms with van der Waals surface area (Å²) in [6.45, 7) is 4.19. The van der Waals surface area contributed by atoms with Gasteiger partial charge in [-0.25, -0.2) is 0 Å². The lowest BCUT2D eigenvalue weighted by Gasteiger charge is -2.19. The van der Waals surface area contributed by atoms with Crippen molar-refractivity contribution in [3.05, 3.63) is 63.6 Å². The molecule has 0 fully saturated rings. The van der Waals surface area contributed by atoms with Crippen LogP contribution in [0.15, 0.2) is 41.2 Å². The molecule has 5 nitrogen and oxygen atoms in total. The van der Waals surface area contributed by atoms with Crippen LogP contribution in [-0.4, -0.2) is 15.6 Å². The van der Waals surface area contributed by atoms with Gasteiger partial charge in [0.15, 0.2) is 0 Å². The van der Waals surface area contributed by atoms with Gasteiger partial charge in [-0.2, -0.15) is 0 Å². The van der Waals surface area contributed by atoms with Gasteiger partial charge in [-0.05, 0) is 36.5 Å². The van der Waals surface area contributed by atoms with Gasteiger partial charge in [0.25, 0.3) is 5.56 Å². The van der Waals surface area contributed by atoms with E-state index in [0.717, 1.165) is 6.42 Å². The predicted molar refractivity (Wildman–Crippen MR) is 91.9 cm³/mol. The van der Waals surface area contributed by atoms with Crippen LogP contribution < -0.4 is 10.9 Å². The number of pyridine rings is 1. The topological polar surface area (TPSA) is 71.3 Å². The van der Waals surface area contributed by atoms with Gasteiger partial charge in [-0.15, -0.1) is 0 Å². The lowest BCUT2D eigenvalue weighted by molar-refractivity contribution is -0.122. The number of hydrogen-bond acceptors (Lipinski definition) is 3. The van der Waals surface area contributed by atoms with Crippen molar-refractivity contribution in [1.29, 1.82) is 0 Å². The van der Waals surface area contributed by atoms with Crippen LogP contribution in [0.25, 0.3) is 0 Å². The Labute approximate surface area is 140 Å². The Morgan fingerprint density at radius 1 is 1.33 bits per heavy atom. The predicted octanol–water partition coefficient (Wildman–Crippen LogP) is 2.30. The van der Waals surface area contributed by atoms with Crippen molar-refractivity contribution in [2.75, 3.05) is 0 Å². The largest absolute Gasteiger partial charge is 0.508 e. The van der Waals surface area contributed by atoms with Gasteiger partial charge in [0.2, 0.25) is 5.91 Å². The van der Waals surface area contributed by atoms with E-state index < -0.39 is 0 Å². The summed E-state index contributed by atoms with van der Waals surface area (Å²) < 4.78 is 1.51. The van der Waals surface area contributed by atoms with Gasteiger partial charge in [0.1, 0.15) is 5.75 Å². The number of benzene rings is 1. The van der Waals surface area contributed by atoms with Gasteiger partial charge in [0, 0.05) is 24.7 Å². The molecular formula is C19H22N2O3. The number of aryl methyl sites for hydroxylation is 1. The molecule has 1 aliphatic carbocycles. The van der Waals surface area contributed by atoms with Gasteiger partial charge < -0.3 is 15.0 Å². The fourth-order valence-electron chi connectivity index (χ4n) is 3.47. The molecule has 24 heavy (non-hydrogen) atoms. The molecule has 2 aromatic rings. The average molecular weight is 326 g/mol. The van der Waals surface area contributed by atoms with Gasteiger partial charge in [-0.1, -0.05) is 31.2 Å². The molecule has 5 heteroatoms. The van der Waals surface area contributed by atoms with E-state index >= 15 is 0 Å². The molecule has 0 saturated carbocycles. The van der Waals surface area contributed by atoms with E-state index in [-0.39, 0.29) is 29.7 Å². The number of hydrogen-bond donors (Lipinski definition) is 2. The van der Waals surface area contributed by atoms with Crippen molar-refractivity contribution >= 4 is 5.91 Å². The minimum atomic E-state index is -0.292. The number of fused-ring (bicyclic) bond motifs is 1. The molecule has 0 spiro atoms. The molecule has 2 atom stereocenters. The Balaban J connectivity index is 1.66. The van der Waals surface area contributed by atoms with Crippen LogP contribution in [0.5, 0.6) is 5.75 Å². The molecule has 126 valence electrons. The SMILES string of the molecule is Cc1cc(O)cc(=O)n1CCC(=O)NC1c2ccccc2CC1C. The highest BCUT2D eigenvalue weighted by atomic mass is 16.3. The molecule has 1 aromatic heterocycles. The first-order valence-corrected chi connectivity index (χ1v) is 8.23. The third-order valence-electron chi connectivity index (χ3n) is 4.70. The molecule has 1 aromatic carbocycles. The quantitative estimate of drug-likeness (QED) is 0.905. The summed E-state index contributed by atoms with van der Waals surface area (Å²) >= 11 is 0. The fourth-order valence-corrected chi connectivity index (χ4v) is 3.47. The maximum atomic E-state index is 12.3. The Morgan fingerprint density at radius 2 is 2.08 bits per heavy atom. The average Bonchev–Trinajstić information content (AvgIpc) is 2.82. The summed E-state index contributed by atoms with van der Waals surface area (Å²) in [7, 11) is 0. The van der Waals surface area contributed by atoms with Crippen molar-refractivity contribution in [3.8, 4) is 5.75 Å². The number of amides is 1. The van der Waals surface area contributed by atoms with Gasteiger partial charge >= 0.3 is 0 Å². The lowest BCUT2D eigenvalue weighted by atomic mass is 10.0. The van der Waals surface area contributed by atoms with Crippen LogP contribution in [0, 0.1) is 12.8 Å². The van der Waals surface area contributed by atoms with Crippen molar-refractivity contribution in [2.45, 2.75) is 39.3 Å².